The molecule has 2 aromatic carbocycles. The molecule has 0 N–H and O–H groups in total. The second kappa shape index (κ2) is 4.94. The molecule has 0 atom stereocenters. The van der Waals surface area contributed by atoms with Crippen molar-refractivity contribution in [2.75, 3.05) is 0 Å². The summed E-state index contributed by atoms with van der Waals surface area (Å²) in [6, 6.07) is 11.8. The zero-order valence-corrected chi connectivity index (χ0v) is 12.3. The Bertz CT molecular complexity index is 515. The van der Waals surface area contributed by atoms with Gasteiger partial charge in [0.15, 0.2) is 0 Å². The van der Waals surface area contributed by atoms with E-state index in [1.54, 1.807) is 0 Å². The second-order valence-electron chi connectivity index (χ2n) is 3.56. The van der Waals surface area contributed by atoms with Gasteiger partial charge in [-0.2, -0.15) is 0 Å². The van der Waals surface area contributed by atoms with E-state index in [0.717, 1.165) is 11.1 Å². The fraction of sp³-hybridized carbons (Fsp3) is 0.0769. The van der Waals surface area contributed by atoms with Crippen LogP contribution in [0.1, 0.15) is 5.56 Å². The third-order valence-corrected chi connectivity index (χ3v) is 4.25. The molecule has 2 rings (SSSR count). The van der Waals surface area contributed by atoms with Gasteiger partial charge in [0.1, 0.15) is 0 Å². The van der Waals surface area contributed by atoms with Gasteiger partial charge in [-0.3, -0.25) is 0 Å². The summed E-state index contributed by atoms with van der Waals surface area (Å²) in [6.45, 7) is 2.08. The Morgan fingerprint density at radius 2 is 1.62 bits per heavy atom. The van der Waals surface area contributed by atoms with Crippen molar-refractivity contribution in [1.29, 1.82) is 0 Å². The average Bonchev–Trinajstić information content (AvgIpc) is 2.23. The summed E-state index contributed by atoms with van der Waals surface area (Å²) in [6.07, 6.45) is 0. The Morgan fingerprint density at radius 3 is 2.19 bits per heavy atom. The Hall–Kier alpha value is -0.250. The lowest BCUT2D eigenvalue weighted by Gasteiger charge is -2.08. The second-order valence-corrected chi connectivity index (χ2v) is 5.54. The van der Waals surface area contributed by atoms with Crippen molar-refractivity contribution in [3.63, 3.8) is 0 Å². The molecule has 0 aliphatic heterocycles. The molecule has 0 aromatic heterocycles. The maximum Gasteiger partial charge on any atom is 0.0499 e. The summed E-state index contributed by atoms with van der Waals surface area (Å²) in [5.41, 5.74) is 3.20. The summed E-state index contributed by atoms with van der Waals surface area (Å²) in [5.74, 6) is 0. The van der Waals surface area contributed by atoms with Gasteiger partial charge in [-0.05, 0) is 58.8 Å². The maximum atomic E-state index is 6.17. The van der Waals surface area contributed by atoms with Crippen LogP contribution in [0.4, 0.5) is 0 Å². The van der Waals surface area contributed by atoms with Crippen molar-refractivity contribution < 1.29 is 0 Å². The van der Waals surface area contributed by atoms with Crippen LogP contribution in [0, 0.1) is 10.5 Å². The molecular formula is C13H9Cl2I. The molecule has 0 saturated heterocycles. The zero-order chi connectivity index (χ0) is 11.7. The van der Waals surface area contributed by atoms with Gasteiger partial charge in [0.05, 0.1) is 0 Å². The van der Waals surface area contributed by atoms with Crippen LogP contribution < -0.4 is 0 Å². The van der Waals surface area contributed by atoms with E-state index in [4.69, 9.17) is 23.2 Å². The SMILES string of the molecule is Cc1cc(-c2c(Cl)cccc2Cl)ccc1I. The molecule has 0 aliphatic rings. The minimum absolute atomic E-state index is 0.688. The van der Waals surface area contributed by atoms with Crippen LogP contribution in [0.5, 0.6) is 0 Å². The minimum Gasteiger partial charge on any atom is -0.0836 e. The number of rotatable bonds is 1. The summed E-state index contributed by atoms with van der Waals surface area (Å²) in [4.78, 5) is 0. The number of aryl methyl sites for hydroxylation is 1. The van der Waals surface area contributed by atoms with Crippen molar-refractivity contribution in [3.05, 3.63) is 55.6 Å². The van der Waals surface area contributed by atoms with E-state index >= 15 is 0 Å². The normalized spacial score (nSPS) is 10.5. The number of halogens is 3. The Balaban J connectivity index is 2.63. The van der Waals surface area contributed by atoms with Crippen molar-refractivity contribution in [3.8, 4) is 11.1 Å². The van der Waals surface area contributed by atoms with Gasteiger partial charge in [-0.15, -0.1) is 0 Å². The molecule has 0 nitrogen and oxygen atoms in total. The lowest BCUT2D eigenvalue weighted by Crippen LogP contribution is -1.85. The molecule has 0 radical (unpaired) electrons. The van der Waals surface area contributed by atoms with Gasteiger partial charge in [-0.25, -0.2) is 0 Å². The van der Waals surface area contributed by atoms with Crippen LogP contribution in [-0.4, -0.2) is 0 Å². The molecule has 3 heteroatoms. The fourth-order valence-corrected chi connectivity index (χ4v) is 2.52. The molecule has 0 unspecified atom stereocenters. The van der Waals surface area contributed by atoms with Crippen molar-refractivity contribution in [1.82, 2.24) is 0 Å². The van der Waals surface area contributed by atoms with Crippen molar-refractivity contribution >= 4 is 45.8 Å². The highest BCUT2D eigenvalue weighted by molar-refractivity contribution is 14.1. The molecule has 0 saturated carbocycles. The summed E-state index contributed by atoms with van der Waals surface area (Å²) in [7, 11) is 0. The largest absolute Gasteiger partial charge is 0.0836 e. The molecule has 0 spiro atoms. The summed E-state index contributed by atoms with van der Waals surface area (Å²) >= 11 is 14.7. The Kier molecular flexibility index (Phi) is 3.77. The predicted molar refractivity (Wildman–Crippen MR) is 79.4 cm³/mol. The van der Waals surface area contributed by atoms with E-state index in [2.05, 4.69) is 41.6 Å². The molecule has 0 fully saturated rings. The van der Waals surface area contributed by atoms with Crippen LogP contribution >= 0.6 is 45.8 Å². The lowest BCUT2D eigenvalue weighted by molar-refractivity contribution is 1.42. The third-order valence-electron chi connectivity index (χ3n) is 2.41. The smallest absolute Gasteiger partial charge is 0.0499 e. The number of hydrogen-bond donors (Lipinski definition) is 0. The van der Waals surface area contributed by atoms with Gasteiger partial charge in [0.2, 0.25) is 0 Å². The summed E-state index contributed by atoms with van der Waals surface area (Å²) in [5, 5.41) is 1.38. The molecule has 0 heterocycles. The van der Waals surface area contributed by atoms with Gasteiger partial charge >= 0.3 is 0 Å². The Morgan fingerprint density at radius 1 is 1.00 bits per heavy atom. The monoisotopic (exact) mass is 362 g/mol. The zero-order valence-electron chi connectivity index (χ0n) is 8.60. The third kappa shape index (κ3) is 2.36. The highest BCUT2D eigenvalue weighted by Crippen LogP contribution is 2.35. The molecule has 82 valence electrons. The van der Waals surface area contributed by atoms with E-state index in [-0.39, 0.29) is 0 Å². The topological polar surface area (TPSA) is 0 Å². The molecule has 16 heavy (non-hydrogen) atoms. The van der Waals surface area contributed by atoms with Gasteiger partial charge in [-0.1, -0.05) is 41.4 Å². The van der Waals surface area contributed by atoms with Crippen LogP contribution in [0.3, 0.4) is 0 Å². The maximum absolute atomic E-state index is 6.17. The van der Waals surface area contributed by atoms with Gasteiger partial charge in [0.25, 0.3) is 0 Å². The van der Waals surface area contributed by atoms with E-state index in [9.17, 15) is 0 Å². The van der Waals surface area contributed by atoms with Crippen molar-refractivity contribution in [2.45, 2.75) is 6.92 Å². The number of benzene rings is 2. The first-order valence-electron chi connectivity index (χ1n) is 4.80. The molecule has 0 amide bonds. The predicted octanol–water partition coefficient (Wildman–Crippen LogP) is 5.57. The molecule has 2 aromatic rings. The van der Waals surface area contributed by atoms with Crippen molar-refractivity contribution in [2.24, 2.45) is 0 Å². The van der Waals surface area contributed by atoms with Gasteiger partial charge in [0, 0.05) is 19.2 Å². The number of hydrogen-bond acceptors (Lipinski definition) is 0. The van der Waals surface area contributed by atoms with E-state index in [1.165, 1.54) is 9.13 Å². The van der Waals surface area contributed by atoms with Crippen LogP contribution in [0.15, 0.2) is 36.4 Å². The molecule has 0 aliphatic carbocycles. The molecular weight excluding hydrogens is 354 g/mol. The standard InChI is InChI=1S/C13H9Cl2I/c1-8-7-9(5-6-12(8)16)13-10(14)3-2-4-11(13)15/h2-7H,1H3. The van der Waals surface area contributed by atoms with Crippen LogP contribution in [0.25, 0.3) is 11.1 Å². The van der Waals surface area contributed by atoms with E-state index in [0.29, 0.717) is 10.0 Å². The van der Waals surface area contributed by atoms with E-state index in [1.807, 2.05) is 24.3 Å². The average molecular weight is 363 g/mol. The highest BCUT2D eigenvalue weighted by Gasteiger charge is 2.08. The fourth-order valence-electron chi connectivity index (χ4n) is 1.57. The highest BCUT2D eigenvalue weighted by atomic mass is 127. The quantitative estimate of drug-likeness (QED) is 0.581. The van der Waals surface area contributed by atoms with Crippen LogP contribution in [0.2, 0.25) is 10.0 Å². The summed E-state index contributed by atoms with van der Waals surface area (Å²) < 4.78 is 1.24. The van der Waals surface area contributed by atoms with Gasteiger partial charge < -0.3 is 0 Å². The van der Waals surface area contributed by atoms with E-state index < -0.39 is 0 Å². The Labute approximate surface area is 119 Å². The first-order valence-corrected chi connectivity index (χ1v) is 6.63. The lowest BCUT2D eigenvalue weighted by atomic mass is 10.0. The minimum atomic E-state index is 0.688. The molecule has 0 bridgehead atoms. The van der Waals surface area contributed by atoms with Crippen LogP contribution in [-0.2, 0) is 0 Å². The first-order chi connectivity index (χ1) is 7.59. The first kappa shape index (κ1) is 12.2.